The first-order chi connectivity index (χ1) is 22.1. The Morgan fingerprint density at radius 3 is 2.00 bits per heavy atom. The topological polar surface area (TPSA) is 115 Å². The molecule has 0 bridgehead atoms. The number of benzene rings is 3. The first kappa shape index (κ1) is 33.8. The van der Waals surface area contributed by atoms with Crippen molar-refractivity contribution in [3.63, 3.8) is 0 Å². The van der Waals surface area contributed by atoms with E-state index in [9.17, 15) is 9.59 Å². The quantitative estimate of drug-likeness (QED) is 0.227. The van der Waals surface area contributed by atoms with Crippen molar-refractivity contribution < 1.29 is 9.16 Å². The van der Waals surface area contributed by atoms with Gasteiger partial charge in [-0.3, -0.25) is 9.36 Å². The predicted octanol–water partition coefficient (Wildman–Crippen LogP) is 3.92. The Morgan fingerprint density at radius 2 is 1.46 bits per heavy atom. The molecule has 1 heterocycles. The van der Waals surface area contributed by atoms with Crippen LogP contribution in [0.15, 0.2) is 107 Å². The molecule has 46 heavy (non-hydrogen) atoms. The number of nitrogens with two attached hydrogens (primary N) is 2. The molecule has 0 spiro atoms. The molecule has 4 atom stereocenters. The Labute approximate surface area is 273 Å². The van der Waals surface area contributed by atoms with Gasteiger partial charge in [-0.25, -0.2) is 9.36 Å². The van der Waals surface area contributed by atoms with Crippen molar-refractivity contribution in [2.75, 3.05) is 13.2 Å². The maximum Gasteiger partial charge on any atom is 0.333 e. The van der Waals surface area contributed by atoms with Crippen LogP contribution in [0, 0.1) is 18.8 Å². The zero-order valence-corrected chi connectivity index (χ0v) is 28.5. The molecule has 0 saturated heterocycles. The van der Waals surface area contributed by atoms with Gasteiger partial charge < -0.3 is 20.6 Å². The number of aryl methyl sites for hydroxylation is 1. The zero-order valence-electron chi connectivity index (χ0n) is 27.5. The van der Waals surface area contributed by atoms with Gasteiger partial charge in [-0.15, -0.1) is 0 Å². The maximum absolute atomic E-state index is 13.8. The zero-order chi connectivity index (χ0) is 32.9. The minimum Gasteiger partial charge on any atom is -0.407 e. The molecule has 1 aliphatic carbocycles. The lowest BCUT2D eigenvalue weighted by Crippen LogP contribution is -2.67. The Kier molecular flexibility index (Phi) is 10.6. The highest BCUT2D eigenvalue weighted by atomic mass is 28.4. The van der Waals surface area contributed by atoms with Crippen LogP contribution >= 0.6 is 0 Å². The van der Waals surface area contributed by atoms with Gasteiger partial charge >= 0.3 is 5.69 Å². The number of hydrogen-bond donors (Lipinski definition) is 2. The summed E-state index contributed by atoms with van der Waals surface area (Å²) in [5.74, 6) is 0.127. The molecule has 9 heteroatoms. The monoisotopic (exact) mass is 640 g/mol. The fourth-order valence-electron chi connectivity index (χ4n) is 7.20. The largest absolute Gasteiger partial charge is 0.407 e. The third-order valence-corrected chi connectivity index (χ3v) is 14.6. The van der Waals surface area contributed by atoms with Gasteiger partial charge in [-0.1, -0.05) is 112 Å². The molecule has 1 fully saturated rings. The summed E-state index contributed by atoms with van der Waals surface area (Å²) in [5, 5.41) is 2.28. The minimum atomic E-state index is -2.77. The molecule has 4 unspecified atom stereocenters. The number of hydrogen-bond acceptors (Lipinski definition) is 6. The molecule has 5 rings (SSSR count). The highest BCUT2D eigenvalue weighted by Gasteiger charge is 2.51. The van der Waals surface area contributed by atoms with Crippen LogP contribution in [0.25, 0.3) is 0 Å². The third-order valence-electron chi connectivity index (χ3n) is 9.57. The van der Waals surface area contributed by atoms with Gasteiger partial charge in [0.25, 0.3) is 13.9 Å². The van der Waals surface area contributed by atoms with Gasteiger partial charge in [0.15, 0.2) is 0 Å². The molecule has 1 aromatic heterocycles. The van der Waals surface area contributed by atoms with Crippen molar-refractivity contribution >= 4 is 18.7 Å². The summed E-state index contributed by atoms with van der Waals surface area (Å²) in [6.45, 7) is 9.57. The lowest BCUT2D eigenvalue weighted by molar-refractivity contribution is 0.0572. The Hall–Kier alpha value is -3.60. The molecular formula is C37H48N4O4Si. The van der Waals surface area contributed by atoms with Crippen LogP contribution in [0.2, 0.25) is 5.04 Å². The van der Waals surface area contributed by atoms with E-state index in [-0.39, 0.29) is 46.9 Å². The van der Waals surface area contributed by atoms with Gasteiger partial charge in [0.1, 0.15) is 6.73 Å². The molecule has 4 N–H and O–H groups in total. The van der Waals surface area contributed by atoms with Crippen molar-refractivity contribution in [3.8, 4) is 0 Å². The van der Waals surface area contributed by atoms with Crippen LogP contribution in [-0.4, -0.2) is 36.6 Å². The van der Waals surface area contributed by atoms with Crippen LogP contribution in [0.3, 0.4) is 0 Å². The van der Waals surface area contributed by atoms with Crippen LogP contribution < -0.4 is 33.1 Å². The van der Waals surface area contributed by atoms with E-state index in [1.807, 2.05) is 42.5 Å². The summed E-state index contributed by atoms with van der Waals surface area (Å²) >= 11 is 0. The number of rotatable bonds is 12. The van der Waals surface area contributed by atoms with Gasteiger partial charge in [0.2, 0.25) is 0 Å². The highest BCUT2D eigenvalue weighted by Crippen LogP contribution is 2.43. The van der Waals surface area contributed by atoms with Crippen LogP contribution in [0.5, 0.6) is 0 Å². The molecule has 0 aliphatic heterocycles. The lowest BCUT2D eigenvalue weighted by Gasteiger charge is -2.44. The summed E-state index contributed by atoms with van der Waals surface area (Å²) in [7, 11) is -2.77. The van der Waals surface area contributed by atoms with Crippen molar-refractivity contribution in [2.45, 2.75) is 71.0 Å². The average Bonchev–Trinajstić information content (AvgIpc) is 3.49. The second-order valence-corrected chi connectivity index (χ2v) is 17.9. The van der Waals surface area contributed by atoms with Crippen molar-refractivity contribution in [1.82, 2.24) is 9.13 Å². The molecule has 0 amide bonds. The fourth-order valence-corrected chi connectivity index (χ4v) is 11.8. The summed E-state index contributed by atoms with van der Waals surface area (Å²) in [6.07, 6.45) is 3.06. The summed E-state index contributed by atoms with van der Waals surface area (Å²) in [4.78, 5) is 26.9. The standard InChI is InChI=1S/C37H48N4O4Si/c1-27-23-40(36(43)41(35(27)42)26-44-24-28-14-8-5-9-15-28)30-20-29(33(21-30)34(39)22-38)25-45-46(37(2,3)4,31-16-10-6-11-17-31)32-18-12-7-13-19-32/h5-19,23,29-30,33-34H,20-22,24-26,38-39H2,1-4H3. The molecule has 4 aromatic rings. The smallest absolute Gasteiger partial charge is 0.333 e. The van der Waals surface area contributed by atoms with E-state index in [1.165, 1.54) is 14.9 Å². The van der Waals surface area contributed by atoms with E-state index < -0.39 is 8.32 Å². The molecule has 244 valence electrons. The Balaban J connectivity index is 1.45. The van der Waals surface area contributed by atoms with E-state index in [4.69, 9.17) is 20.6 Å². The van der Waals surface area contributed by atoms with Crippen molar-refractivity contribution in [2.24, 2.45) is 23.3 Å². The van der Waals surface area contributed by atoms with E-state index in [1.54, 1.807) is 17.7 Å². The molecule has 0 radical (unpaired) electrons. The number of nitrogens with zero attached hydrogens (tertiary/aromatic N) is 2. The van der Waals surface area contributed by atoms with E-state index >= 15 is 0 Å². The normalized spacial score (nSPS) is 19.3. The van der Waals surface area contributed by atoms with Gasteiger partial charge in [0, 0.05) is 37.0 Å². The van der Waals surface area contributed by atoms with Gasteiger partial charge in [0.05, 0.1) is 6.61 Å². The van der Waals surface area contributed by atoms with Crippen LogP contribution in [0.1, 0.15) is 50.8 Å². The lowest BCUT2D eigenvalue weighted by atomic mass is 9.90. The van der Waals surface area contributed by atoms with Gasteiger partial charge in [-0.05, 0) is 52.6 Å². The fraction of sp³-hybridized carbons (Fsp3) is 0.405. The first-order valence-corrected chi connectivity index (χ1v) is 18.1. The first-order valence-electron chi connectivity index (χ1n) is 16.2. The third kappa shape index (κ3) is 6.89. The van der Waals surface area contributed by atoms with E-state index in [0.29, 0.717) is 38.2 Å². The molecule has 1 saturated carbocycles. The maximum atomic E-state index is 13.8. The predicted molar refractivity (Wildman–Crippen MR) is 187 cm³/mol. The minimum absolute atomic E-state index is 0.0510. The Bertz CT molecular complexity index is 1650. The second kappa shape index (κ2) is 14.4. The molecule has 1 aliphatic rings. The molecule has 8 nitrogen and oxygen atoms in total. The summed E-state index contributed by atoms with van der Waals surface area (Å²) < 4.78 is 16.1. The van der Waals surface area contributed by atoms with Crippen molar-refractivity contribution in [3.05, 3.63) is 129 Å². The van der Waals surface area contributed by atoms with Gasteiger partial charge in [-0.2, -0.15) is 0 Å². The second-order valence-electron chi connectivity index (χ2n) is 13.6. The average molecular weight is 641 g/mol. The van der Waals surface area contributed by atoms with E-state index in [0.717, 1.165) is 5.56 Å². The van der Waals surface area contributed by atoms with E-state index in [2.05, 4.69) is 69.3 Å². The molecular weight excluding hydrogens is 593 g/mol. The van der Waals surface area contributed by atoms with Crippen LogP contribution in [-0.2, 0) is 22.5 Å². The van der Waals surface area contributed by atoms with Crippen LogP contribution in [0.4, 0.5) is 0 Å². The SMILES string of the molecule is Cc1cn(C2CC(CO[Si](c3ccccc3)(c3ccccc3)C(C)(C)C)C(C(N)CN)C2)c(=O)n(COCc2ccccc2)c1=O. The molecule has 3 aromatic carbocycles. The highest BCUT2D eigenvalue weighted by molar-refractivity contribution is 6.99. The summed E-state index contributed by atoms with van der Waals surface area (Å²) in [5.41, 5.74) is 13.6. The van der Waals surface area contributed by atoms with Crippen molar-refractivity contribution in [1.29, 1.82) is 0 Å². The summed E-state index contributed by atoms with van der Waals surface area (Å²) in [6, 6.07) is 30.5. The number of ether oxygens (including phenoxy) is 1. The number of aromatic nitrogens is 2. The Morgan fingerprint density at radius 1 is 0.891 bits per heavy atom.